The third kappa shape index (κ3) is 5.40. The Morgan fingerprint density at radius 3 is 2.48 bits per heavy atom. The van der Waals surface area contributed by atoms with Gasteiger partial charge in [-0.25, -0.2) is 18.7 Å². The summed E-state index contributed by atoms with van der Waals surface area (Å²) in [6.07, 6.45) is 2.20. The molecular weight excluding hydrogens is 483 g/mol. The Bertz CT molecular complexity index is 1040. The molecule has 1 saturated carbocycles. The first-order valence-electron chi connectivity index (χ1n) is 8.43. The fourth-order valence-electron chi connectivity index (χ4n) is 3.39. The molecule has 1 aromatic rings. The average molecular weight is 503 g/mol. The number of phosphoric ester groups is 1. The van der Waals surface area contributed by atoms with Gasteiger partial charge in [-0.2, -0.15) is 8.62 Å². The van der Waals surface area contributed by atoms with E-state index in [9.17, 15) is 28.6 Å². The van der Waals surface area contributed by atoms with Crippen LogP contribution in [-0.4, -0.2) is 53.8 Å². The Morgan fingerprint density at radius 2 is 1.87 bits per heavy atom. The first-order chi connectivity index (χ1) is 14.2. The Hall–Kier alpha value is -1.25. The number of hydrogen-bond donors (Lipinski definition) is 7. The van der Waals surface area contributed by atoms with Gasteiger partial charge in [-0.3, -0.25) is 9.52 Å². The largest absolute Gasteiger partial charge is 0.490 e. The summed E-state index contributed by atoms with van der Waals surface area (Å²) in [6.45, 7) is 2.96. The highest BCUT2D eigenvalue weighted by molar-refractivity contribution is 7.66. The van der Waals surface area contributed by atoms with Gasteiger partial charge in [-0.05, 0) is 5.57 Å². The van der Waals surface area contributed by atoms with E-state index >= 15 is 0 Å². The van der Waals surface area contributed by atoms with Crippen molar-refractivity contribution in [3.05, 3.63) is 24.2 Å². The molecule has 2 aliphatic rings. The molecule has 0 spiro atoms. The van der Waals surface area contributed by atoms with Crippen LogP contribution in [-0.2, 0) is 26.8 Å². The Morgan fingerprint density at radius 1 is 1.19 bits per heavy atom. The summed E-state index contributed by atoms with van der Waals surface area (Å²) in [5.41, 5.74) is 6.81. The molecule has 174 valence electrons. The fraction of sp³-hybridized carbons (Fsp3) is 0.500. The number of hydrogen-bond acceptors (Lipinski definition) is 11. The van der Waals surface area contributed by atoms with Crippen LogP contribution in [0.5, 0.6) is 0 Å². The second kappa shape index (κ2) is 8.60. The fourth-order valence-corrected chi connectivity index (χ4v) is 6.44. The number of aromatic nitrogens is 2. The van der Waals surface area contributed by atoms with Crippen LogP contribution in [0, 0.1) is 11.8 Å². The van der Waals surface area contributed by atoms with E-state index in [1.165, 1.54) is 12.7 Å². The third-order valence-electron chi connectivity index (χ3n) is 4.66. The zero-order valence-corrected chi connectivity index (χ0v) is 18.2. The van der Waals surface area contributed by atoms with Crippen LogP contribution in [0.3, 0.4) is 0 Å². The lowest BCUT2D eigenvalue weighted by molar-refractivity contribution is 0.0495. The van der Waals surface area contributed by atoms with Crippen LogP contribution in [0.2, 0.25) is 0 Å². The van der Waals surface area contributed by atoms with Gasteiger partial charge in [0, 0.05) is 18.4 Å². The first-order valence-corrected chi connectivity index (χ1v) is 12.9. The first kappa shape index (κ1) is 24.4. The minimum atomic E-state index is -5.61. The predicted molar refractivity (Wildman–Crippen MR) is 103 cm³/mol. The van der Waals surface area contributed by atoms with Crippen LogP contribution in [0.25, 0.3) is 0 Å². The van der Waals surface area contributed by atoms with E-state index in [2.05, 4.69) is 35.0 Å². The van der Waals surface area contributed by atoms with E-state index in [0.29, 0.717) is 17.1 Å². The van der Waals surface area contributed by atoms with Crippen molar-refractivity contribution >= 4 is 35.6 Å². The van der Waals surface area contributed by atoms with Crippen LogP contribution >= 0.6 is 23.5 Å². The molecular formula is C12H20N5O11P3. The van der Waals surface area contributed by atoms with Crippen molar-refractivity contribution in [2.75, 3.05) is 18.5 Å². The van der Waals surface area contributed by atoms with Crippen molar-refractivity contribution in [1.82, 2.24) is 9.55 Å². The molecule has 6 atom stereocenters. The highest BCUT2D eigenvalue weighted by atomic mass is 31.3. The van der Waals surface area contributed by atoms with E-state index in [4.69, 9.17) is 15.5 Å². The minimum Gasteiger partial charge on any atom is -0.396 e. The number of imidazole rings is 1. The summed E-state index contributed by atoms with van der Waals surface area (Å²) >= 11 is 0. The lowest BCUT2D eigenvalue weighted by atomic mass is 9.66. The topological polar surface area (TPSA) is 248 Å². The van der Waals surface area contributed by atoms with E-state index in [1.54, 1.807) is 4.57 Å². The summed E-state index contributed by atoms with van der Waals surface area (Å²) in [5, 5.41) is 12.7. The van der Waals surface area contributed by atoms with Crippen molar-refractivity contribution < 1.29 is 51.5 Å². The van der Waals surface area contributed by atoms with Crippen LogP contribution in [0.15, 0.2) is 23.5 Å². The highest BCUT2D eigenvalue weighted by Gasteiger charge is 2.48. The molecule has 1 aliphatic heterocycles. The summed E-state index contributed by atoms with van der Waals surface area (Å²) in [5.74, 6) is -0.669. The standard InChI is InChI=1S/C12H20N5O11P3/c1-6-8(3-26-30(22,23)28-31(24,25)27-29(19,20)21)7(2-18)10(6)17-5-16-9-11(13)14-4-15-12(9)17/h4-5,7-8,10-11,18H,1-3,13H2,(H,14,15)(H,22,23)(H,24,25)(H2,19,20,21)/t7-,8+,10-,11?/m1/s1. The maximum Gasteiger partial charge on any atom is 0.490 e. The predicted octanol–water partition coefficient (Wildman–Crippen LogP) is -0.0269. The van der Waals surface area contributed by atoms with Crippen molar-refractivity contribution in [1.29, 1.82) is 0 Å². The monoisotopic (exact) mass is 503 g/mol. The Labute approximate surface area is 174 Å². The number of phosphoric acid groups is 3. The molecule has 0 radical (unpaired) electrons. The van der Waals surface area contributed by atoms with E-state index < -0.39 is 54.1 Å². The lowest BCUT2D eigenvalue weighted by Gasteiger charge is -2.47. The maximum atomic E-state index is 11.9. The molecule has 16 nitrogen and oxygen atoms in total. The number of nitrogens with two attached hydrogens (primary N) is 1. The van der Waals surface area contributed by atoms with Crippen molar-refractivity contribution in [3.63, 3.8) is 0 Å². The molecule has 1 fully saturated rings. The number of nitrogens with zero attached hydrogens (tertiary/aromatic N) is 3. The summed E-state index contributed by atoms with van der Waals surface area (Å²) in [7, 11) is -16.4. The smallest absolute Gasteiger partial charge is 0.396 e. The summed E-state index contributed by atoms with van der Waals surface area (Å²) in [6, 6.07) is -0.470. The van der Waals surface area contributed by atoms with E-state index in [-0.39, 0.29) is 6.61 Å². The molecule has 1 aliphatic carbocycles. The number of fused-ring (bicyclic) bond motifs is 1. The van der Waals surface area contributed by atoms with Gasteiger partial charge in [0.05, 0.1) is 25.3 Å². The lowest BCUT2D eigenvalue weighted by Crippen LogP contribution is -2.45. The van der Waals surface area contributed by atoms with Crippen LogP contribution < -0.4 is 11.1 Å². The van der Waals surface area contributed by atoms with Gasteiger partial charge in [0.2, 0.25) is 0 Å². The molecule has 31 heavy (non-hydrogen) atoms. The van der Waals surface area contributed by atoms with Crippen molar-refractivity contribution in [2.45, 2.75) is 12.2 Å². The summed E-state index contributed by atoms with van der Waals surface area (Å²) in [4.78, 5) is 44.0. The van der Waals surface area contributed by atoms with Gasteiger partial charge in [-0.1, -0.05) is 6.58 Å². The second-order valence-corrected chi connectivity index (χ2v) is 11.0. The molecule has 0 amide bonds. The quantitative estimate of drug-likeness (QED) is 0.173. The van der Waals surface area contributed by atoms with Gasteiger partial charge >= 0.3 is 23.5 Å². The SMILES string of the molecule is C=C1[C@@H](n2cnc3c2NC=NC3N)[C@H](CO)[C@H]1COP(=O)(O)OP(=O)(O)OP(=O)(O)O. The zero-order valence-electron chi connectivity index (χ0n) is 15.5. The Kier molecular flexibility index (Phi) is 6.76. The number of aliphatic imine (C=N–C) groups is 1. The van der Waals surface area contributed by atoms with Crippen molar-refractivity contribution in [2.24, 2.45) is 22.6 Å². The Balaban J connectivity index is 1.67. The number of aliphatic hydroxyl groups excluding tert-OH is 1. The van der Waals surface area contributed by atoms with Crippen molar-refractivity contribution in [3.8, 4) is 0 Å². The summed E-state index contributed by atoms with van der Waals surface area (Å²) < 4.78 is 47.6. The molecule has 3 rings (SSSR count). The molecule has 2 heterocycles. The van der Waals surface area contributed by atoms with E-state index in [1.807, 2.05) is 0 Å². The van der Waals surface area contributed by atoms with Gasteiger partial charge < -0.3 is 40.3 Å². The third-order valence-corrected chi connectivity index (χ3v) is 8.46. The number of anilines is 1. The molecule has 19 heteroatoms. The van der Waals surface area contributed by atoms with Gasteiger partial charge in [0.25, 0.3) is 0 Å². The zero-order chi connectivity index (χ0) is 23.2. The van der Waals surface area contributed by atoms with Gasteiger partial charge in [-0.15, -0.1) is 0 Å². The highest BCUT2D eigenvalue weighted by Crippen LogP contribution is 2.66. The molecule has 3 unspecified atom stereocenters. The van der Waals surface area contributed by atoms with Crippen LogP contribution in [0.1, 0.15) is 17.9 Å². The number of nitrogens with one attached hydrogen (secondary N) is 1. The van der Waals surface area contributed by atoms with E-state index in [0.717, 1.165) is 0 Å². The van der Waals surface area contributed by atoms with Gasteiger partial charge in [0.15, 0.2) is 0 Å². The van der Waals surface area contributed by atoms with Gasteiger partial charge in [0.1, 0.15) is 17.7 Å². The maximum absolute atomic E-state index is 11.9. The molecule has 8 N–H and O–H groups in total. The normalized spacial score (nSPS) is 29.4. The molecule has 0 saturated heterocycles. The second-order valence-electron chi connectivity index (χ2n) is 6.61. The number of rotatable bonds is 9. The number of aliphatic hydroxyl groups is 1. The minimum absolute atomic E-state index is 0.374. The molecule has 0 bridgehead atoms. The average Bonchev–Trinajstić information content (AvgIpc) is 3.01. The molecule has 0 aromatic carbocycles. The molecule has 1 aromatic heterocycles. The van der Waals surface area contributed by atoms with Crippen LogP contribution in [0.4, 0.5) is 5.82 Å².